The van der Waals surface area contributed by atoms with Gasteiger partial charge in [0.05, 0.1) is 6.54 Å². The van der Waals surface area contributed by atoms with Crippen LogP contribution < -0.4 is 10.6 Å². The highest BCUT2D eigenvalue weighted by atomic mass is 19.1. The lowest BCUT2D eigenvalue weighted by molar-refractivity contribution is -0.121. The quantitative estimate of drug-likeness (QED) is 0.852. The Bertz CT molecular complexity index is 503. The lowest BCUT2D eigenvalue weighted by Gasteiger charge is -2.16. The van der Waals surface area contributed by atoms with Crippen molar-refractivity contribution in [3.8, 4) is 0 Å². The summed E-state index contributed by atoms with van der Waals surface area (Å²) in [4.78, 5) is 24.7. The van der Waals surface area contributed by atoms with Crippen LogP contribution in [0.1, 0.15) is 18.4 Å². The first kappa shape index (κ1) is 14.5. The van der Waals surface area contributed by atoms with Gasteiger partial charge in [0.2, 0.25) is 5.91 Å². The highest BCUT2D eigenvalue weighted by Crippen LogP contribution is 2.18. The molecule has 0 atom stereocenters. The molecule has 6 heteroatoms. The first-order chi connectivity index (χ1) is 9.54. The number of halogens is 1. The number of hydrogen-bond acceptors (Lipinski definition) is 3. The van der Waals surface area contributed by atoms with Crippen molar-refractivity contribution in [2.75, 3.05) is 13.6 Å². The van der Waals surface area contributed by atoms with E-state index in [1.54, 1.807) is 30.1 Å². The van der Waals surface area contributed by atoms with E-state index in [1.165, 1.54) is 6.07 Å². The second-order valence-electron chi connectivity index (χ2n) is 5.06. The molecule has 0 aliphatic heterocycles. The number of likely N-dealkylation sites (N-methyl/N-ethyl adjacent to an activating group) is 1. The summed E-state index contributed by atoms with van der Waals surface area (Å²) in [6.07, 6.45) is 1.93. The number of rotatable bonds is 5. The summed E-state index contributed by atoms with van der Waals surface area (Å²) in [5.41, 5.74) is 0.519. The Balaban J connectivity index is 1.75. The van der Waals surface area contributed by atoms with E-state index in [4.69, 9.17) is 0 Å². The third-order valence-electron chi connectivity index (χ3n) is 2.98. The van der Waals surface area contributed by atoms with Crippen LogP contribution in [-0.2, 0) is 11.3 Å². The number of urea groups is 1. The van der Waals surface area contributed by atoms with Crippen LogP contribution in [0.4, 0.5) is 9.18 Å². The van der Waals surface area contributed by atoms with E-state index in [9.17, 15) is 14.0 Å². The van der Waals surface area contributed by atoms with Crippen LogP contribution in [0.3, 0.4) is 0 Å². The van der Waals surface area contributed by atoms with Crippen molar-refractivity contribution in [2.24, 2.45) is 0 Å². The third kappa shape index (κ3) is 4.62. The van der Waals surface area contributed by atoms with E-state index in [-0.39, 0.29) is 18.4 Å². The summed E-state index contributed by atoms with van der Waals surface area (Å²) < 4.78 is 13.5. The summed E-state index contributed by atoms with van der Waals surface area (Å²) in [6, 6.07) is 6.16. The molecule has 0 spiro atoms. The van der Waals surface area contributed by atoms with Crippen LogP contribution in [-0.4, -0.2) is 36.5 Å². The molecule has 20 heavy (non-hydrogen) atoms. The number of imide groups is 1. The van der Waals surface area contributed by atoms with Crippen molar-refractivity contribution in [1.82, 2.24) is 15.5 Å². The minimum absolute atomic E-state index is 0.0341. The molecular formula is C14H18FN3O2. The molecule has 0 bridgehead atoms. The molecule has 1 aromatic carbocycles. The SMILES string of the molecule is CN(CC(=O)NC(=O)NC1CC1)Cc1ccccc1F. The van der Waals surface area contributed by atoms with E-state index in [1.807, 2.05) is 0 Å². The predicted octanol–water partition coefficient (Wildman–Crippen LogP) is 1.25. The van der Waals surface area contributed by atoms with Crippen molar-refractivity contribution in [3.05, 3.63) is 35.6 Å². The number of benzene rings is 1. The van der Waals surface area contributed by atoms with Crippen molar-refractivity contribution in [3.63, 3.8) is 0 Å². The average molecular weight is 279 g/mol. The smallest absolute Gasteiger partial charge is 0.321 e. The number of hydrogen-bond donors (Lipinski definition) is 2. The van der Waals surface area contributed by atoms with E-state index in [0.29, 0.717) is 12.1 Å². The van der Waals surface area contributed by atoms with Gasteiger partial charge in [-0.2, -0.15) is 0 Å². The zero-order valence-corrected chi connectivity index (χ0v) is 11.4. The van der Waals surface area contributed by atoms with Gasteiger partial charge in [-0.05, 0) is 26.0 Å². The molecule has 5 nitrogen and oxygen atoms in total. The maximum Gasteiger partial charge on any atom is 0.321 e. The molecule has 3 amide bonds. The number of carbonyl (C=O) groups excluding carboxylic acids is 2. The Labute approximate surface area is 117 Å². The summed E-state index contributed by atoms with van der Waals surface area (Å²) in [5.74, 6) is -0.701. The molecule has 1 aliphatic rings. The van der Waals surface area contributed by atoms with Crippen LogP contribution in [0.2, 0.25) is 0 Å². The zero-order chi connectivity index (χ0) is 14.5. The van der Waals surface area contributed by atoms with E-state index >= 15 is 0 Å². The Hall–Kier alpha value is -1.95. The molecule has 0 unspecified atom stereocenters. The number of amides is 3. The normalized spacial score (nSPS) is 14.2. The van der Waals surface area contributed by atoms with Crippen LogP contribution in [0.25, 0.3) is 0 Å². The van der Waals surface area contributed by atoms with Gasteiger partial charge in [0, 0.05) is 18.2 Å². The van der Waals surface area contributed by atoms with E-state index < -0.39 is 11.9 Å². The van der Waals surface area contributed by atoms with Gasteiger partial charge in [0.25, 0.3) is 0 Å². The first-order valence-corrected chi connectivity index (χ1v) is 6.57. The fraction of sp³-hybridized carbons (Fsp3) is 0.429. The zero-order valence-electron chi connectivity index (χ0n) is 11.4. The predicted molar refractivity (Wildman–Crippen MR) is 72.4 cm³/mol. The second kappa shape index (κ2) is 6.47. The molecule has 0 radical (unpaired) electrons. The number of nitrogens with zero attached hydrogens (tertiary/aromatic N) is 1. The summed E-state index contributed by atoms with van der Waals surface area (Å²) >= 11 is 0. The molecule has 0 aromatic heterocycles. The largest absolute Gasteiger partial charge is 0.335 e. The van der Waals surface area contributed by atoms with Gasteiger partial charge >= 0.3 is 6.03 Å². The summed E-state index contributed by atoms with van der Waals surface area (Å²) in [6.45, 7) is 0.344. The van der Waals surface area contributed by atoms with E-state index in [2.05, 4.69) is 10.6 Å². The fourth-order valence-corrected chi connectivity index (χ4v) is 1.83. The van der Waals surface area contributed by atoms with Crippen LogP contribution in [0.5, 0.6) is 0 Å². The maximum atomic E-state index is 13.5. The molecular weight excluding hydrogens is 261 g/mol. The molecule has 2 N–H and O–H groups in total. The number of carbonyl (C=O) groups is 2. The van der Waals surface area contributed by atoms with Gasteiger partial charge in [-0.25, -0.2) is 9.18 Å². The molecule has 108 valence electrons. The van der Waals surface area contributed by atoms with Gasteiger partial charge < -0.3 is 5.32 Å². The summed E-state index contributed by atoms with van der Waals surface area (Å²) in [5, 5.41) is 4.93. The lowest BCUT2D eigenvalue weighted by atomic mass is 10.2. The standard InChI is InChI=1S/C14H18FN3O2/c1-18(8-10-4-2-3-5-12(10)15)9-13(19)17-14(20)16-11-6-7-11/h2-5,11H,6-9H2,1H3,(H2,16,17,19,20). The highest BCUT2D eigenvalue weighted by molar-refractivity contribution is 5.95. The first-order valence-electron chi connectivity index (χ1n) is 6.57. The molecule has 1 aliphatic carbocycles. The van der Waals surface area contributed by atoms with Gasteiger partial charge in [0.1, 0.15) is 5.82 Å². The topological polar surface area (TPSA) is 61.4 Å². The lowest BCUT2D eigenvalue weighted by Crippen LogP contribution is -2.44. The fourth-order valence-electron chi connectivity index (χ4n) is 1.83. The van der Waals surface area contributed by atoms with Crippen LogP contribution in [0, 0.1) is 5.82 Å². The van der Waals surface area contributed by atoms with Crippen molar-refractivity contribution >= 4 is 11.9 Å². The molecule has 1 fully saturated rings. The minimum Gasteiger partial charge on any atom is -0.335 e. The van der Waals surface area contributed by atoms with Gasteiger partial charge in [-0.15, -0.1) is 0 Å². The van der Waals surface area contributed by atoms with Crippen LogP contribution >= 0.6 is 0 Å². The Kier molecular flexibility index (Phi) is 4.68. The van der Waals surface area contributed by atoms with Crippen molar-refractivity contribution < 1.29 is 14.0 Å². The molecule has 1 saturated carbocycles. The molecule has 0 saturated heterocycles. The third-order valence-corrected chi connectivity index (χ3v) is 2.98. The monoisotopic (exact) mass is 279 g/mol. The Morgan fingerprint density at radius 1 is 1.35 bits per heavy atom. The molecule has 2 rings (SSSR count). The minimum atomic E-state index is -0.461. The Morgan fingerprint density at radius 2 is 2.05 bits per heavy atom. The molecule has 0 heterocycles. The van der Waals surface area contributed by atoms with Gasteiger partial charge in [0.15, 0.2) is 0 Å². The van der Waals surface area contributed by atoms with Crippen LogP contribution in [0.15, 0.2) is 24.3 Å². The Morgan fingerprint density at radius 3 is 2.70 bits per heavy atom. The van der Waals surface area contributed by atoms with E-state index in [0.717, 1.165) is 12.8 Å². The maximum absolute atomic E-state index is 13.5. The number of nitrogens with one attached hydrogen (secondary N) is 2. The van der Waals surface area contributed by atoms with Gasteiger partial charge in [-0.1, -0.05) is 18.2 Å². The average Bonchev–Trinajstić information content (AvgIpc) is 3.15. The summed E-state index contributed by atoms with van der Waals surface area (Å²) in [7, 11) is 1.70. The van der Waals surface area contributed by atoms with Gasteiger partial charge in [-0.3, -0.25) is 15.0 Å². The van der Waals surface area contributed by atoms with Crippen molar-refractivity contribution in [2.45, 2.75) is 25.4 Å². The second-order valence-corrected chi connectivity index (χ2v) is 5.06. The van der Waals surface area contributed by atoms with Crippen molar-refractivity contribution in [1.29, 1.82) is 0 Å². The highest BCUT2D eigenvalue weighted by Gasteiger charge is 2.24. The molecule has 1 aromatic rings.